The molecule has 5 heteroatoms. The number of hydrogen-bond donors (Lipinski definition) is 2. The number of benzene rings is 2. The number of aromatic hydroxyl groups is 1. The summed E-state index contributed by atoms with van der Waals surface area (Å²) in [6.07, 6.45) is 0.848. The second-order valence-corrected chi connectivity index (χ2v) is 5.20. The molecule has 1 amide bonds. The molecule has 23 heavy (non-hydrogen) atoms. The van der Waals surface area contributed by atoms with Crippen molar-refractivity contribution >= 4 is 11.7 Å². The van der Waals surface area contributed by atoms with E-state index in [1.54, 1.807) is 24.3 Å². The van der Waals surface area contributed by atoms with Crippen molar-refractivity contribution in [3.63, 3.8) is 0 Å². The highest BCUT2D eigenvalue weighted by Gasteiger charge is 2.09. The summed E-state index contributed by atoms with van der Waals surface area (Å²) in [5, 5.41) is 11.9. The topological polar surface area (TPSA) is 66.4 Å². The standard InChI is InChI=1S/C18H18FNO3/c19-15-5-3-14(4-6-15)17(22)9-10-18(23)20-12-11-13-1-7-16(21)8-2-13/h1-8,21H,9-12H2,(H,20,23). The molecule has 0 unspecified atom stereocenters. The lowest BCUT2D eigenvalue weighted by Crippen LogP contribution is -2.26. The number of carbonyl (C=O) groups is 2. The Kier molecular flexibility index (Phi) is 5.86. The van der Waals surface area contributed by atoms with Gasteiger partial charge in [-0.3, -0.25) is 9.59 Å². The summed E-state index contributed by atoms with van der Waals surface area (Å²) in [6.45, 7) is 0.467. The first-order valence-electron chi connectivity index (χ1n) is 7.38. The zero-order valence-electron chi connectivity index (χ0n) is 12.6. The van der Waals surface area contributed by atoms with Gasteiger partial charge in [-0.2, -0.15) is 0 Å². The van der Waals surface area contributed by atoms with E-state index in [0.717, 1.165) is 5.56 Å². The number of hydrogen-bond acceptors (Lipinski definition) is 3. The predicted molar refractivity (Wildman–Crippen MR) is 84.8 cm³/mol. The van der Waals surface area contributed by atoms with Crippen LogP contribution in [0.1, 0.15) is 28.8 Å². The molecule has 0 spiro atoms. The van der Waals surface area contributed by atoms with Crippen LogP contribution in [0.3, 0.4) is 0 Å². The molecule has 0 bridgehead atoms. The van der Waals surface area contributed by atoms with Gasteiger partial charge < -0.3 is 10.4 Å². The molecule has 0 saturated carbocycles. The summed E-state index contributed by atoms with van der Waals surface area (Å²) in [4.78, 5) is 23.6. The predicted octanol–water partition coefficient (Wildman–Crippen LogP) is 2.85. The van der Waals surface area contributed by atoms with Crippen molar-refractivity contribution in [1.82, 2.24) is 5.32 Å². The highest BCUT2D eigenvalue weighted by molar-refractivity contribution is 5.97. The maximum Gasteiger partial charge on any atom is 0.220 e. The van der Waals surface area contributed by atoms with Gasteiger partial charge in [-0.25, -0.2) is 4.39 Å². The molecule has 120 valence electrons. The molecule has 0 aromatic heterocycles. The second-order valence-electron chi connectivity index (χ2n) is 5.20. The van der Waals surface area contributed by atoms with Crippen molar-refractivity contribution in [1.29, 1.82) is 0 Å². The van der Waals surface area contributed by atoms with Crippen LogP contribution in [0.4, 0.5) is 4.39 Å². The number of amides is 1. The van der Waals surface area contributed by atoms with Crippen molar-refractivity contribution in [2.24, 2.45) is 0 Å². The Bertz CT molecular complexity index is 666. The molecule has 0 heterocycles. The molecule has 0 fully saturated rings. The SMILES string of the molecule is O=C(CCC(=O)c1ccc(F)cc1)NCCc1ccc(O)cc1. The summed E-state index contributed by atoms with van der Waals surface area (Å²) in [5.41, 5.74) is 1.41. The summed E-state index contributed by atoms with van der Waals surface area (Å²) in [6, 6.07) is 12.1. The van der Waals surface area contributed by atoms with E-state index in [2.05, 4.69) is 5.32 Å². The van der Waals surface area contributed by atoms with Crippen LogP contribution in [0.15, 0.2) is 48.5 Å². The molecule has 0 radical (unpaired) electrons. The van der Waals surface area contributed by atoms with Gasteiger partial charge in [0.05, 0.1) is 0 Å². The van der Waals surface area contributed by atoms with Gasteiger partial charge in [-0.15, -0.1) is 0 Å². The molecule has 2 aromatic rings. The van der Waals surface area contributed by atoms with Crippen LogP contribution in [-0.2, 0) is 11.2 Å². The summed E-state index contributed by atoms with van der Waals surface area (Å²) < 4.78 is 12.8. The summed E-state index contributed by atoms with van der Waals surface area (Å²) in [7, 11) is 0. The number of rotatable bonds is 7. The third kappa shape index (κ3) is 5.54. The largest absolute Gasteiger partial charge is 0.508 e. The number of phenols is 1. The van der Waals surface area contributed by atoms with Crippen molar-refractivity contribution in [3.8, 4) is 5.75 Å². The van der Waals surface area contributed by atoms with Gasteiger partial charge in [0.2, 0.25) is 5.91 Å². The molecule has 2 N–H and O–H groups in total. The first-order valence-corrected chi connectivity index (χ1v) is 7.38. The van der Waals surface area contributed by atoms with Crippen molar-refractivity contribution < 1.29 is 19.1 Å². The fourth-order valence-electron chi connectivity index (χ4n) is 2.10. The minimum atomic E-state index is -0.395. The average Bonchev–Trinajstić information content (AvgIpc) is 2.55. The molecule has 0 saturated heterocycles. The number of ketones is 1. The highest BCUT2D eigenvalue weighted by atomic mass is 19.1. The maximum absolute atomic E-state index is 12.8. The zero-order valence-corrected chi connectivity index (χ0v) is 12.6. The van der Waals surface area contributed by atoms with Crippen LogP contribution in [0.2, 0.25) is 0 Å². The molecule has 2 rings (SSSR count). The van der Waals surface area contributed by atoms with Crippen molar-refractivity contribution in [3.05, 3.63) is 65.5 Å². The van der Waals surface area contributed by atoms with E-state index in [-0.39, 0.29) is 30.3 Å². The number of phenolic OH excluding ortho intramolecular Hbond substituents is 1. The van der Waals surface area contributed by atoms with Gasteiger partial charge in [-0.05, 0) is 48.4 Å². The average molecular weight is 315 g/mol. The van der Waals surface area contributed by atoms with Crippen molar-refractivity contribution in [2.45, 2.75) is 19.3 Å². The van der Waals surface area contributed by atoms with E-state index in [1.165, 1.54) is 24.3 Å². The fourth-order valence-corrected chi connectivity index (χ4v) is 2.10. The second kappa shape index (κ2) is 8.08. The maximum atomic E-state index is 12.8. The third-order valence-corrected chi connectivity index (χ3v) is 3.42. The van der Waals surface area contributed by atoms with Crippen LogP contribution < -0.4 is 5.32 Å². The van der Waals surface area contributed by atoms with Gasteiger partial charge in [-0.1, -0.05) is 12.1 Å². The van der Waals surface area contributed by atoms with Gasteiger partial charge in [0.15, 0.2) is 5.78 Å². The van der Waals surface area contributed by atoms with Gasteiger partial charge in [0, 0.05) is 24.9 Å². The zero-order chi connectivity index (χ0) is 16.7. The first kappa shape index (κ1) is 16.7. The van der Waals surface area contributed by atoms with Crippen LogP contribution in [0.25, 0.3) is 0 Å². The summed E-state index contributed by atoms with van der Waals surface area (Å²) in [5.74, 6) is -0.566. The smallest absolute Gasteiger partial charge is 0.220 e. The van der Waals surface area contributed by atoms with Crippen LogP contribution in [-0.4, -0.2) is 23.3 Å². The Morgan fingerprint density at radius 3 is 2.26 bits per heavy atom. The Balaban J connectivity index is 1.69. The quantitative estimate of drug-likeness (QED) is 0.772. The number of nitrogens with one attached hydrogen (secondary N) is 1. The molecule has 0 atom stereocenters. The van der Waals surface area contributed by atoms with Crippen LogP contribution >= 0.6 is 0 Å². The monoisotopic (exact) mass is 315 g/mol. The van der Waals surface area contributed by atoms with E-state index in [1.807, 2.05) is 0 Å². The number of halogens is 1. The lowest BCUT2D eigenvalue weighted by Gasteiger charge is -2.05. The Morgan fingerprint density at radius 1 is 0.957 bits per heavy atom. The number of Topliss-reactive ketones (excluding diaryl/α,β-unsaturated/α-hetero) is 1. The lowest BCUT2D eigenvalue weighted by molar-refractivity contribution is -0.121. The molecule has 2 aromatic carbocycles. The van der Waals surface area contributed by atoms with Gasteiger partial charge in [0.25, 0.3) is 0 Å². The van der Waals surface area contributed by atoms with E-state index in [9.17, 15) is 19.1 Å². The van der Waals surface area contributed by atoms with E-state index in [0.29, 0.717) is 18.5 Å². The Morgan fingerprint density at radius 2 is 1.61 bits per heavy atom. The Hall–Kier alpha value is -2.69. The molecule has 0 aliphatic heterocycles. The molecule has 4 nitrogen and oxygen atoms in total. The number of carbonyl (C=O) groups excluding carboxylic acids is 2. The summed E-state index contributed by atoms with van der Waals surface area (Å²) >= 11 is 0. The minimum absolute atomic E-state index is 0.0939. The highest BCUT2D eigenvalue weighted by Crippen LogP contribution is 2.10. The normalized spacial score (nSPS) is 10.3. The van der Waals surface area contributed by atoms with E-state index >= 15 is 0 Å². The fraction of sp³-hybridized carbons (Fsp3) is 0.222. The van der Waals surface area contributed by atoms with E-state index in [4.69, 9.17) is 0 Å². The molecular formula is C18H18FNO3. The third-order valence-electron chi connectivity index (χ3n) is 3.42. The first-order chi connectivity index (χ1) is 11.0. The lowest BCUT2D eigenvalue weighted by atomic mass is 10.1. The van der Waals surface area contributed by atoms with Crippen LogP contribution in [0.5, 0.6) is 5.75 Å². The Labute approximate surface area is 134 Å². The van der Waals surface area contributed by atoms with Gasteiger partial charge >= 0.3 is 0 Å². The minimum Gasteiger partial charge on any atom is -0.508 e. The molecule has 0 aliphatic rings. The van der Waals surface area contributed by atoms with Crippen molar-refractivity contribution in [2.75, 3.05) is 6.54 Å². The molecule has 0 aliphatic carbocycles. The van der Waals surface area contributed by atoms with Gasteiger partial charge in [0.1, 0.15) is 11.6 Å². The molecular weight excluding hydrogens is 297 g/mol. The van der Waals surface area contributed by atoms with E-state index < -0.39 is 5.82 Å². The van der Waals surface area contributed by atoms with Crippen LogP contribution in [0, 0.1) is 5.82 Å².